The molecule has 138 valence electrons. The molecule has 0 unspecified atom stereocenters. The first-order valence-electron chi connectivity index (χ1n) is 10.3. The predicted octanol–water partition coefficient (Wildman–Crippen LogP) is 3.24. The van der Waals surface area contributed by atoms with E-state index in [4.69, 9.17) is 9.15 Å². The van der Waals surface area contributed by atoms with E-state index in [1.807, 2.05) is 6.07 Å². The maximum atomic E-state index is 6.17. The Bertz CT molecular complexity index is 566. The molecule has 2 aliphatic carbocycles. The number of hydrogen-bond donors (Lipinski definition) is 0. The van der Waals surface area contributed by atoms with Crippen molar-refractivity contribution in [1.82, 2.24) is 9.80 Å². The summed E-state index contributed by atoms with van der Waals surface area (Å²) in [6.45, 7) is 9.25. The summed E-state index contributed by atoms with van der Waals surface area (Å²) in [5.41, 5.74) is 0.449. The molecule has 0 radical (unpaired) electrons. The van der Waals surface area contributed by atoms with Crippen molar-refractivity contribution in [2.24, 2.45) is 23.2 Å². The van der Waals surface area contributed by atoms with Crippen molar-refractivity contribution in [2.75, 3.05) is 45.9 Å². The molecular formula is C21H32N2O2. The molecule has 2 saturated heterocycles. The molecule has 0 bridgehead atoms. The molecule has 2 aliphatic heterocycles. The van der Waals surface area contributed by atoms with Gasteiger partial charge in [0.1, 0.15) is 5.76 Å². The third-order valence-electron chi connectivity index (χ3n) is 6.89. The standard InChI is InChI=1S/C21H32N2O2/c1-2-20(25-9-1)12-22-8-7-21(15-22)16-23(10-17-3-4-17)11-19(21)14-24-13-18-5-6-18/h1-2,9,17-19H,3-8,10-16H2/t19-,21+/m1/s1. The summed E-state index contributed by atoms with van der Waals surface area (Å²) in [6.07, 6.45) is 8.81. The van der Waals surface area contributed by atoms with E-state index in [0.717, 1.165) is 37.4 Å². The minimum absolute atomic E-state index is 0.449. The van der Waals surface area contributed by atoms with Crippen LogP contribution in [0.3, 0.4) is 0 Å². The second-order valence-corrected chi connectivity index (χ2v) is 9.22. The summed E-state index contributed by atoms with van der Waals surface area (Å²) in [5, 5.41) is 0. The van der Waals surface area contributed by atoms with Crippen molar-refractivity contribution in [1.29, 1.82) is 0 Å². The van der Waals surface area contributed by atoms with Crippen LogP contribution in [0.4, 0.5) is 0 Å². The van der Waals surface area contributed by atoms with Crippen molar-refractivity contribution in [3.8, 4) is 0 Å². The summed E-state index contributed by atoms with van der Waals surface area (Å²) < 4.78 is 11.8. The number of ether oxygens (including phenoxy) is 1. The van der Waals surface area contributed by atoms with Crippen molar-refractivity contribution in [3.05, 3.63) is 24.2 Å². The summed E-state index contributed by atoms with van der Waals surface area (Å²) in [5.74, 6) is 3.68. The van der Waals surface area contributed by atoms with Crippen LogP contribution in [0.25, 0.3) is 0 Å². The fourth-order valence-electron chi connectivity index (χ4n) is 5.04. The summed E-state index contributed by atoms with van der Waals surface area (Å²) >= 11 is 0. The van der Waals surface area contributed by atoms with Crippen LogP contribution in [0.1, 0.15) is 37.9 Å². The van der Waals surface area contributed by atoms with Gasteiger partial charge in [-0.05, 0) is 62.6 Å². The van der Waals surface area contributed by atoms with E-state index in [-0.39, 0.29) is 0 Å². The van der Waals surface area contributed by atoms with Crippen molar-refractivity contribution in [2.45, 2.75) is 38.6 Å². The Labute approximate surface area is 151 Å². The van der Waals surface area contributed by atoms with Crippen LogP contribution in [0.15, 0.2) is 22.8 Å². The van der Waals surface area contributed by atoms with E-state index in [1.165, 1.54) is 64.8 Å². The SMILES string of the molecule is c1coc(CN2CC[C@]3(C2)CN(CC2CC2)C[C@@H]3COCC2CC2)c1. The minimum Gasteiger partial charge on any atom is -0.468 e. The second-order valence-electron chi connectivity index (χ2n) is 9.22. The van der Waals surface area contributed by atoms with Gasteiger partial charge < -0.3 is 14.1 Å². The van der Waals surface area contributed by atoms with Crippen LogP contribution in [0, 0.1) is 23.2 Å². The van der Waals surface area contributed by atoms with Gasteiger partial charge in [-0.25, -0.2) is 0 Å². The lowest BCUT2D eigenvalue weighted by molar-refractivity contribution is 0.0553. The highest BCUT2D eigenvalue weighted by molar-refractivity contribution is 5.05. The van der Waals surface area contributed by atoms with Crippen molar-refractivity contribution in [3.63, 3.8) is 0 Å². The van der Waals surface area contributed by atoms with Gasteiger partial charge in [-0.2, -0.15) is 0 Å². The third-order valence-corrected chi connectivity index (χ3v) is 6.89. The molecular weight excluding hydrogens is 312 g/mol. The highest BCUT2D eigenvalue weighted by atomic mass is 16.5. The molecule has 0 aromatic carbocycles. The number of rotatable bonds is 8. The maximum Gasteiger partial charge on any atom is 0.117 e. The number of furan rings is 1. The second kappa shape index (κ2) is 6.71. The van der Waals surface area contributed by atoms with E-state index >= 15 is 0 Å². The van der Waals surface area contributed by atoms with Gasteiger partial charge in [-0.1, -0.05) is 0 Å². The molecule has 2 saturated carbocycles. The van der Waals surface area contributed by atoms with E-state index in [1.54, 1.807) is 6.26 Å². The zero-order chi connectivity index (χ0) is 16.7. The molecule has 4 aliphatic rings. The minimum atomic E-state index is 0.449. The van der Waals surface area contributed by atoms with Gasteiger partial charge in [0.2, 0.25) is 0 Å². The molecule has 3 heterocycles. The first-order valence-corrected chi connectivity index (χ1v) is 10.3. The predicted molar refractivity (Wildman–Crippen MR) is 97.2 cm³/mol. The first-order chi connectivity index (χ1) is 12.3. The van der Waals surface area contributed by atoms with E-state index in [9.17, 15) is 0 Å². The quantitative estimate of drug-likeness (QED) is 0.724. The lowest BCUT2D eigenvalue weighted by Gasteiger charge is -2.30. The van der Waals surface area contributed by atoms with Crippen LogP contribution in [0.2, 0.25) is 0 Å². The van der Waals surface area contributed by atoms with E-state index in [2.05, 4.69) is 15.9 Å². The number of hydrogen-bond acceptors (Lipinski definition) is 4. The molecule has 1 aromatic rings. The van der Waals surface area contributed by atoms with Gasteiger partial charge in [0.15, 0.2) is 0 Å². The largest absolute Gasteiger partial charge is 0.468 e. The Hall–Kier alpha value is -0.840. The van der Waals surface area contributed by atoms with Gasteiger partial charge in [0.25, 0.3) is 0 Å². The molecule has 4 fully saturated rings. The zero-order valence-electron chi connectivity index (χ0n) is 15.4. The molecule has 4 heteroatoms. The molecule has 0 amide bonds. The fraction of sp³-hybridized carbons (Fsp3) is 0.810. The maximum absolute atomic E-state index is 6.17. The average Bonchev–Trinajstić information content (AvgIpc) is 3.47. The first kappa shape index (κ1) is 16.3. The highest BCUT2D eigenvalue weighted by Crippen LogP contribution is 2.46. The van der Waals surface area contributed by atoms with Crippen LogP contribution in [-0.2, 0) is 11.3 Å². The Balaban J connectivity index is 1.22. The molecule has 4 nitrogen and oxygen atoms in total. The Morgan fingerprint density at radius 2 is 1.92 bits per heavy atom. The van der Waals surface area contributed by atoms with Gasteiger partial charge in [0, 0.05) is 44.1 Å². The fourth-order valence-corrected chi connectivity index (χ4v) is 5.04. The molecule has 0 N–H and O–H groups in total. The summed E-state index contributed by atoms with van der Waals surface area (Å²) in [4.78, 5) is 5.37. The lowest BCUT2D eigenvalue weighted by atomic mass is 9.77. The van der Waals surface area contributed by atoms with Gasteiger partial charge in [-0.3, -0.25) is 4.90 Å². The molecule has 1 spiro atoms. The third kappa shape index (κ3) is 3.81. The molecule has 2 atom stereocenters. The van der Waals surface area contributed by atoms with Gasteiger partial charge in [-0.15, -0.1) is 0 Å². The van der Waals surface area contributed by atoms with Gasteiger partial charge in [0.05, 0.1) is 19.4 Å². The van der Waals surface area contributed by atoms with Crippen LogP contribution in [-0.4, -0.2) is 55.7 Å². The lowest BCUT2D eigenvalue weighted by Crippen LogP contribution is -2.36. The van der Waals surface area contributed by atoms with E-state index in [0.29, 0.717) is 11.3 Å². The molecule has 5 rings (SSSR count). The topological polar surface area (TPSA) is 28.9 Å². The summed E-state index contributed by atoms with van der Waals surface area (Å²) in [7, 11) is 0. The molecule has 1 aromatic heterocycles. The van der Waals surface area contributed by atoms with Crippen molar-refractivity contribution < 1.29 is 9.15 Å². The zero-order valence-corrected chi connectivity index (χ0v) is 15.4. The van der Waals surface area contributed by atoms with E-state index < -0.39 is 0 Å². The van der Waals surface area contributed by atoms with Gasteiger partial charge >= 0.3 is 0 Å². The van der Waals surface area contributed by atoms with Crippen LogP contribution < -0.4 is 0 Å². The Kier molecular flexibility index (Phi) is 4.39. The Morgan fingerprint density at radius 3 is 2.68 bits per heavy atom. The van der Waals surface area contributed by atoms with Crippen LogP contribution >= 0.6 is 0 Å². The number of nitrogens with zero attached hydrogens (tertiary/aromatic N) is 2. The molecule has 25 heavy (non-hydrogen) atoms. The number of likely N-dealkylation sites (tertiary alicyclic amines) is 2. The van der Waals surface area contributed by atoms with Crippen molar-refractivity contribution >= 4 is 0 Å². The average molecular weight is 344 g/mol. The van der Waals surface area contributed by atoms with Crippen LogP contribution in [0.5, 0.6) is 0 Å². The summed E-state index contributed by atoms with van der Waals surface area (Å²) in [6, 6.07) is 4.11. The monoisotopic (exact) mass is 344 g/mol. The highest BCUT2D eigenvalue weighted by Gasteiger charge is 2.50. The Morgan fingerprint density at radius 1 is 1.08 bits per heavy atom. The normalized spacial score (nSPS) is 33.7. The smallest absolute Gasteiger partial charge is 0.117 e.